The van der Waals surface area contributed by atoms with E-state index in [4.69, 9.17) is 0 Å². The minimum absolute atomic E-state index is 0.0895. The lowest BCUT2D eigenvalue weighted by atomic mass is 9.57. The normalized spacial score (nSPS) is 37.0. The number of carbonyl (C=O) groups is 1. The topological polar surface area (TPSA) is 37.3 Å². The number of fused-ring (bicyclic) bond motifs is 5. The second kappa shape index (κ2) is 4.22. The lowest BCUT2D eigenvalue weighted by Gasteiger charge is -2.46. The standard InChI is InChI=1S/C19H22O2/c1-11-9-13(20)10-12-3-4-14-15(18(11)12)7-8-19(2)16(14)5-6-17(19)21/h3-4,9-10,14-16,20H,5-8H2,1-2H3/t14-,15-,16+,19-/m1/s1. The molecule has 21 heavy (non-hydrogen) atoms. The Kier molecular flexibility index (Phi) is 2.64. The Bertz CT molecular complexity index is 658. The van der Waals surface area contributed by atoms with Crippen molar-refractivity contribution in [1.82, 2.24) is 0 Å². The van der Waals surface area contributed by atoms with Crippen LogP contribution in [0.3, 0.4) is 0 Å². The molecule has 0 aliphatic heterocycles. The Balaban J connectivity index is 1.80. The summed E-state index contributed by atoms with van der Waals surface area (Å²) in [5.74, 6) is 2.35. The van der Waals surface area contributed by atoms with Gasteiger partial charge in [0.15, 0.2) is 0 Å². The summed E-state index contributed by atoms with van der Waals surface area (Å²) in [7, 11) is 0. The highest BCUT2D eigenvalue weighted by Crippen LogP contribution is 2.59. The molecule has 0 unspecified atom stereocenters. The molecule has 4 rings (SSSR count). The van der Waals surface area contributed by atoms with Gasteiger partial charge in [0.2, 0.25) is 0 Å². The van der Waals surface area contributed by atoms with Crippen LogP contribution in [-0.4, -0.2) is 10.9 Å². The van der Waals surface area contributed by atoms with Gasteiger partial charge in [-0.3, -0.25) is 4.79 Å². The number of Topliss-reactive ketones (excluding diaryl/α,β-unsaturated/α-hetero) is 1. The maximum atomic E-state index is 12.3. The van der Waals surface area contributed by atoms with Crippen LogP contribution in [0, 0.1) is 24.2 Å². The molecule has 3 aliphatic carbocycles. The number of aromatic hydroxyl groups is 1. The van der Waals surface area contributed by atoms with Crippen molar-refractivity contribution in [2.24, 2.45) is 17.3 Å². The monoisotopic (exact) mass is 282 g/mol. The molecule has 2 fully saturated rings. The Morgan fingerprint density at radius 1 is 1.29 bits per heavy atom. The van der Waals surface area contributed by atoms with Gasteiger partial charge in [0.25, 0.3) is 0 Å². The van der Waals surface area contributed by atoms with E-state index in [1.54, 1.807) is 0 Å². The number of benzene rings is 1. The lowest BCUT2D eigenvalue weighted by molar-refractivity contribution is -0.128. The van der Waals surface area contributed by atoms with Crippen molar-refractivity contribution in [3.8, 4) is 5.75 Å². The average molecular weight is 282 g/mol. The van der Waals surface area contributed by atoms with E-state index in [1.807, 2.05) is 12.1 Å². The van der Waals surface area contributed by atoms with Crippen LogP contribution in [0.5, 0.6) is 5.75 Å². The third-order valence-corrected chi connectivity index (χ3v) is 6.31. The van der Waals surface area contributed by atoms with Crippen molar-refractivity contribution in [1.29, 1.82) is 0 Å². The molecule has 0 bridgehead atoms. The van der Waals surface area contributed by atoms with Crippen molar-refractivity contribution < 1.29 is 9.90 Å². The molecule has 2 heteroatoms. The van der Waals surface area contributed by atoms with Gasteiger partial charge < -0.3 is 5.11 Å². The summed E-state index contributed by atoms with van der Waals surface area (Å²) < 4.78 is 0. The molecule has 0 amide bonds. The number of carbonyl (C=O) groups excluding carboxylic acids is 1. The van der Waals surface area contributed by atoms with E-state index in [9.17, 15) is 9.90 Å². The van der Waals surface area contributed by atoms with Gasteiger partial charge in [-0.25, -0.2) is 0 Å². The molecule has 1 N–H and O–H groups in total. The van der Waals surface area contributed by atoms with Gasteiger partial charge in [-0.05, 0) is 72.8 Å². The number of rotatable bonds is 0. The molecule has 0 aromatic heterocycles. The number of hydrogen-bond donors (Lipinski definition) is 1. The maximum absolute atomic E-state index is 12.3. The lowest BCUT2D eigenvalue weighted by Crippen LogP contribution is -2.41. The van der Waals surface area contributed by atoms with Crippen molar-refractivity contribution >= 4 is 11.9 Å². The molecule has 110 valence electrons. The van der Waals surface area contributed by atoms with E-state index < -0.39 is 0 Å². The summed E-state index contributed by atoms with van der Waals surface area (Å²) in [5, 5.41) is 9.81. The maximum Gasteiger partial charge on any atom is 0.139 e. The zero-order valence-corrected chi connectivity index (χ0v) is 12.7. The molecular weight excluding hydrogens is 260 g/mol. The number of hydrogen-bond acceptors (Lipinski definition) is 2. The van der Waals surface area contributed by atoms with Crippen LogP contribution < -0.4 is 0 Å². The Morgan fingerprint density at radius 3 is 2.90 bits per heavy atom. The van der Waals surface area contributed by atoms with Crippen molar-refractivity contribution in [3.05, 3.63) is 34.9 Å². The fourth-order valence-corrected chi connectivity index (χ4v) is 5.24. The van der Waals surface area contributed by atoms with Crippen LogP contribution in [0.15, 0.2) is 18.2 Å². The zero-order chi connectivity index (χ0) is 14.8. The molecule has 1 aromatic rings. The molecule has 4 atom stereocenters. The number of aryl methyl sites for hydroxylation is 1. The summed E-state index contributed by atoms with van der Waals surface area (Å²) in [6, 6.07) is 3.76. The summed E-state index contributed by atoms with van der Waals surface area (Å²) in [6.45, 7) is 4.29. The SMILES string of the molecule is Cc1cc(O)cc2c1[C@@H]1CC[C@@]3(C)C(=O)CC[C@H]3[C@@H]1C=C2. The smallest absolute Gasteiger partial charge is 0.139 e. The van der Waals surface area contributed by atoms with Gasteiger partial charge in [-0.2, -0.15) is 0 Å². The van der Waals surface area contributed by atoms with Gasteiger partial charge in [-0.15, -0.1) is 0 Å². The van der Waals surface area contributed by atoms with Gasteiger partial charge in [0.1, 0.15) is 11.5 Å². The molecule has 0 heterocycles. The predicted octanol–water partition coefficient (Wildman–Crippen LogP) is 4.21. The summed E-state index contributed by atoms with van der Waals surface area (Å²) in [5.41, 5.74) is 3.68. The third-order valence-electron chi connectivity index (χ3n) is 6.31. The quantitative estimate of drug-likeness (QED) is 0.774. The van der Waals surface area contributed by atoms with Crippen LogP contribution in [-0.2, 0) is 4.79 Å². The van der Waals surface area contributed by atoms with Crippen LogP contribution in [0.1, 0.15) is 55.2 Å². The molecule has 2 saturated carbocycles. The Labute approximate surface area is 125 Å². The number of allylic oxidation sites excluding steroid dienone is 1. The Hall–Kier alpha value is -1.57. The van der Waals surface area contributed by atoms with E-state index in [0.717, 1.165) is 25.7 Å². The van der Waals surface area contributed by atoms with Crippen molar-refractivity contribution in [3.63, 3.8) is 0 Å². The second-order valence-electron chi connectivity index (χ2n) is 7.33. The van der Waals surface area contributed by atoms with Crippen molar-refractivity contribution in [2.75, 3.05) is 0 Å². The van der Waals surface area contributed by atoms with Gasteiger partial charge in [-0.1, -0.05) is 19.1 Å². The minimum atomic E-state index is -0.0895. The van der Waals surface area contributed by atoms with Gasteiger partial charge >= 0.3 is 0 Å². The number of phenols is 1. The summed E-state index contributed by atoms with van der Waals surface area (Å²) >= 11 is 0. The van der Waals surface area contributed by atoms with Crippen LogP contribution in [0.4, 0.5) is 0 Å². The fourth-order valence-electron chi connectivity index (χ4n) is 5.24. The van der Waals surface area contributed by atoms with E-state index in [0.29, 0.717) is 29.3 Å². The van der Waals surface area contributed by atoms with E-state index in [1.165, 1.54) is 16.7 Å². The molecule has 1 aromatic carbocycles. The first-order valence-corrected chi connectivity index (χ1v) is 8.06. The zero-order valence-electron chi connectivity index (χ0n) is 12.7. The molecular formula is C19H22O2. The van der Waals surface area contributed by atoms with Crippen molar-refractivity contribution in [2.45, 2.75) is 45.4 Å². The van der Waals surface area contributed by atoms with Gasteiger partial charge in [0.05, 0.1) is 0 Å². The van der Waals surface area contributed by atoms with Crippen LogP contribution in [0.2, 0.25) is 0 Å². The van der Waals surface area contributed by atoms with Crippen LogP contribution in [0.25, 0.3) is 6.08 Å². The third kappa shape index (κ3) is 1.68. The number of ketones is 1. The minimum Gasteiger partial charge on any atom is -0.508 e. The molecule has 0 spiro atoms. The van der Waals surface area contributed by atoms with E-state index >= 15 is 0 Å². The molecule has 0 saturated heterocycles. The highest BCUT2D eigenvalue weighted by atomic mass is 16.3. The Morgan fingerprint density at radius 2 is 2.10 bits per heavy atom. The number of phenolic OH excluding ortho intramolecular Hbond substituents is 1. The highest BCUT2D eigenvalue weighted by molar-refractivity contribution is 5.87. The fraction of sp³-hybridized carbons (Fsp3) is 0.526. The summed E-state index contributed by atoms with van der Waals surface area (Å²) in [6.07, 6.45) is 8.40. The molecule has 3 aliphatic rings. The highest BCUT2D eigenvalue weighted by Gasteiger charge is 2.53. The molecule has 0 radical (unpaired) electrons. The van der Waals surface area contributed by atoms with Gasteiger partial charge in [0, 0.05) is 11.8 Å². The van der Waals surface area contributed by atoms with E-state index in [-0.39, 0.29) is 5.41 Å². The second-order valence-corrected chi connectivity index (χ2v) is 7.33. The first-order chi connectivity index (χ1) is 10.0. The molecule has 2 nitrogen and oxygen atoms in total. The summed E-state index contributed by atoms with van der Waals surface area (Å²) in [4.78, 5) is 12.3. The first-order valence-electron chi connectivity index (χ1n) is 8.06. The largest absolute Gasteiger partial charge is 0.508 e. The predicted molar refractivity (Wildman–Crippen MR) is 83.2 cm³/mol. The average Bonchev–Trinajstić information content (AvgIpc) is 2.74. The van der Waals surface area contributed by atoms with E-state index in [2.05, 4.69) is 26.0 Å². The van der Waals surface area contributed by atoms with Crippen LogP contribution >= 0.6 is 0 Å². The first kappa shape index (κ1) is 13.1.